The molecule has 3 rings (SSSR count). The van der Waals surface area contributed by atoms with Crippen LogP contribution in [0.4, 0.5) is 11.4 Å². The van der Waals surface area contributed by atoms with Crippen molar-refractivity contribution in [1.29, 1.82) is 0 Å². The quantitative estimate of drug-likeness (QED) is 0.841. The van der Waals surface area contributed by atoms with E-state index in [1.807, 2.05) is 17.9 Å². The molecule has 1 aromatic carbocycles. The highest BCUT2D eigenvalue weighted by atomic mass is 35.5. The smallest absolute Gasteiger partial charge is 0.259 e. The standard InChI is InChI=1S/C20H24N4O2.ClH/c1-13-6-9-24(10-7-13)20(26)15-3-4-18(14(2)11-15)23-19(25)16-12-22-8-5-17(16)21;/h3-5,8,11-13H,6-7,9-10H2,1-2H3,(H2,21,22)(H,23,25);1H. The lowest BCUT2D eigenvalue weighted by molar-refractivity contribution is 0.0697. The van der Waals surface area contributed by atoms with Gasteiger partial charge in [-0.05, 0) is 55.5 Å². The zero-order valence-corrected chi connectivity index (χ0v) is 16.4. The number of piperidine rings is 1. The molecule has 0 unspecified atom stereocenters. The summed E-state index contributed by atoms with van der Waals surface area (Å²) in [4.78, 5) is 30.9. The van der Waals surface area contributed by atoms with Crippen LogP contribution >= 0.6 is 12.4 Å². The Kier molecular flexibility index (Phi) is 6.80. The lowest BCUT2D eigenvalue weighted by atomic mass is 9.98. The fourth-order valence-electron chi connectivity index (χ4n) is 3.12. The van der Waals surface area contributed by atoms with E-state index in [0.29, 0.717) is 28.4 Å². The lowest BCUT2D eigenvalue weighted by Crippen LogP contribution is -2.37. The molecule has 3 N–H and O–H groups in total. The molecule has 2 heterocycles. The number of anilines is 2. The van der Waals surface area contributed by atoms with Gasteiger partial charge in [0.05, 0.1) is 5.56 Å². The van der Waals surface area contributed by atoms with Gasteiger partial charge in [0.25, 0.3) is 11.8 Å². The molecular weight excluding hydrogens is 364 g/mol. The van der Waals surface area contributed by atoms with Crippen molar-refractivity contribution in [3.63, 3.8) is 0 Å². The Morgan fingerprint density at radius 3 is 2.56 bits per heavy atom. The van der Waals surface area contributed by atoms with E-state index in [4.69, 9.17) is 5.73 Å². The molecule has 144 valence electrons. The molecular formula is C20H25ClN4O2. The van der Waals surface area contributed by atoms with E-state index in [9.17, 15) is 9.59 Å². The van der Waals surface area contributed by atoms with Crippen molar-refractivity contribution in [3.05, 3.63) is 53.3 Å². The highest BCUT2D eigenvalue weighted by Crippen LogP contribution is 2.22. The molecule has 1 aromatic heterocycles. The van der Waals surface area contributed by atoms with E-state index < -0.39 is 0 Å². The molecule has 0 spiro atoms. The van der Waals surface area contributed by atoms with Crippen molar-refractivity contribution in [3.8, 4) is 0 Å². The average Bonchev–Trinajstić information content (AvgIpc) is 2.63. The maximum atomic E-state index is 12.7. The molecule has 0 aliphatic carbocycles. The van der Waals surface area contributed by atoms with Crippen molar-refractivity contribution in [1.82, 2.24) is 9.88 Å². The Morgan fingerprint density at radius 1 is 1.22 bits per heavy atom. The number of benzene rings is 1. The Bertz CT molecular complexity index is 832. The number of carbonyl (C=O) groups is 2. The first-order valence-corrected chi connectivity index (χ1v) is 8.86. The van der Waals surface area contributed by atoms with Crippen molar-refractivity contribution in [2.24, 2.45) is 5.92 Å². The van der Waals surface area contributed by atoms with Gasteiger partial charge in [0.2, 0.25) is 0 Å². The Labute approximate surface area is 165 Å². The fourth-order valence-corrected chi connectivity index (χ4v) is 3.12. The van der Waals surface area contributed by atoms with E-state index >= 15 is 0 Å². The fraction of sp³-hybridized carbons (Fsp3) is 0.350. The third kappa shape index (κ3) is 4.77. The molecule has 1 aliphatic heterocycles. The van der Waals surface area contributed by atoms with Gasteiger partial charge < -0.3 is 16.0 Å². The molecule has 0 radical (unpaired) electrons. The summed E-state index contributed by atoms with van der Waals surface area (Å²) in [6.07, 6.45) is 5.07. The van der Waals surface area contributed by atoms with E-state index in [-0.39, 0.29) is 24.2 Å². The van der Waals surface area contributed by atoms with Gasteiger partial charge in [-0.15, -0.1) is 12.4 Å². The second-order valence-corrected chi connectivity index (χ2v) is 6.92. The number of nitrogens with two attached hydrogens (primary N) is 1. The van der Waals surface area contributed by atoms with Gasteiger partial charge in [-0.2, -0.15) is 0 Å². The SMILES string of the molecule is Cc1cc(C(=O)N2CCC(C)CC2)ccc1NC(=O)c1cnccc1N.Cl. The number of hydrogen-bond donors (Lipinski definition) is 2. The first-order chi connectivity index (χ1) is 12.5. The Hall–Kier alpha value is -2.60. The van der Waals surface area contributed by atoms with Gasteiger partial charge in [0.1, 0.15) is 0 Å². The molecule has 0 bridgehead atoms. The molecule has 0 saturated carbocycles. The second-order valence-electron chi connectivity index (χ2n) is 6.92. The average molecular weight is 389 g/mol. The summed E-state index contributed by atoms with van der Waals surface area (Å²) in [5.41, 5.74) is 8.66. The summed E-state index contributed by atoms with van der Waals surface area (Å²) in [6, 6.07) is 6.93. The summed E-state index contributed by atoms with van der Waals surface area (Å²) < 4.78 is 0. The number of nitrogens with one attached hydrogen (secondary N) is 1. The minimum atomic E-state index is -0.317. The molecule has 2 amide bonds. The van der Waals surface area contributed by atoms with Crippen LogP contribution in [-0.4, -0.2) is 34.8 Å². The number of hydrogen-bond acceptors (Lipinski definition) is 4. The van der Waals surface area contributed by atoms with E-state index in [1.54, 1.807) is 24.4 Å². The molecule has 1 aliphatic rings. The molecule has 1 fully saturated rings. The summed E-state index contributed by atoms with van der Waals surface area (Å²) in [6.45, 7) is 5.70. The number of aryl methyl sites for hydroxylation is 1. The Balaban J connectivity index is 0.00000261. The predicted octanol–water partition coefficient (Wildman–Crippen LogP) is 3.52. The monoisotopic (exact) mass is 388 g/mol. The zero-order valence-electron chi connectivity index (χ0n) is 15.6. The third-order valence-corrected chi connectivity index (χ3v) is 4.89. The van der Waals surface area contributed by atoms with Crippen LogP contribution in [0.25, 0.3) is 0 Å². The normalized spacial score (nSPS) is 14.4. The highest BCUT2D eigenvalue weighted by molar-refractivity contribution is 6.08. The predicted molar refractivity (Wildman–Crippen MR) is 109 cm³/mol. The van der Waals surface area contributed by atoms with Gasteiger partial charge in [0, 0.05) is 42.4 Å². The topological polar surface area (TPSA) is 88.3 Å². The minimum absolute atomic E-state index is 0. The molecule has 1 saturated heterocycles. The van der Waals surface area contributed by atoms with Crippen LogP contribution in [-0.2, 0) is 0 Å². The van der Waals surface area contributed by atoms with Crippen molar-refractivity contribution >= 4 is 35.6 Å². The molecule has 6 nitrogen and oxygen atoms in total. The van der Waals surface area contributed by atoms with Crippen molar-refractivity contribution in [2.45, 2.75) is 26.7 Å². The van der Waals surface area contributed by atoms with Gasteiger partial charge in [-0.3, -0.25) is 14.6 Å². The van der Waals surface area contributed by atoms with E-state index in [2.05, 4.69) is 17.2 Å². The largest absolute Gasteiger partial charge is 0.398 e. The lowest BCUT2D eigenvalue weighted by Gasteiger charge is -2.30. The van der Waals surface area contributed by atoms with E-state index in [0.717, 1.165) is 31.5 Å². The maximum Gasteiger partial charge on any atom is 0.259 e. The number of amides is 2. The van der Waals surface area contributed by atoms with Crippen molar-refractivity contribution < 1.29 is 9.59 Å². The van der Waals surface area contributed by atoms with Crippen LogP contribution in [0.15, 0.2) is 36.7 Å². The molecule has 2 aromatic rings. The van der Waals surface area contributed by atoms with Crippen molar-refractivity contribution in [2.75, 3.05) is 24.1 Å². The summed E-state index contributed by atoms with van der Waals surface area (Å²) in [5.74, 6) is 0.412. The Morgan fingerprint density at radius 2 is 1.93 bits per heavy atom. The van der Waals surface area contributed by atoms with Gasteiger partial charge in [0.15, 0.2) is 0 Å². The van der Waals surface area contributed by atoms with Crippen LogP contribution in [0.1, 0.15) is 46.0 Å². The second kappa shape index (κ2) is 8.86. The molecule has 7 heteroatoms. The number of carbonyl (C=O) groups excluding carboxylic acids is 2. The first kappa shape index (κ1) is 20.7. The number of pyridine rings is 1. The summed E-state index contributed by atoms with van der Waals surface area (Å²) in [5, 5.41) is 2.83. The highest BCUT2D eigenvalue weighted by Gasteiger charge is 2.22. The van der Waals surface area contributed by atoms with Gasteiger partial charge in [-0.25, -0.2) is 0 Å². The van der Waals surface area contributed by atoms with Crippen LogP contribution in [0.5, 0.6) is 0 Å². The van der Waals surface area contributed by atoms with Crippen LogP contribution in [0, 0.1) is 12.8 Å². The van der Waals surface area contributed by atoms with E-state index in [1.165, 1.54) is 6.20 Å². The number of likely N-dealkylation sites (tertiary alicyclic amines) is 1. The third-order valence-electron chi connectivity index (χ3n) is 4.89. The first-order valence-electron chi connectivity index (χ1n) is 8.86. The number of nitrogen functional groups attached to an aromatic ring is 1. The minimum Gasteiger partial charge on any atom is -0.398 e. The number of rotatable bonds is 3. The molecule has 0 atom stereocenters. The van der Waals surface area contributed by atoms with Crippen LogP contribution < -0.4 is 11.1 Å². The summed E-state index contributed by atoms with van der Waals surface area (Å²) in [7, 11) is 0. The van der Waals surface area contributed by atoms with Gasteiger partial charge >= 0.3 is 0 Å². The number of halogens is 1. The van der Waals surface area contributed by atoms with Crippen LogP contribution in [0.3, 0.4) is 0 Å². The maximum absolute atomic E-state index is 12.7. The molecule has 27 heavy (non-hydrogen) atoms. The van der Waals surface area contributed by atoms with Gasteiger partial charge in [-0.1, -0.05) is 6.92 Å². The van der Waals surface area contributed by atoms with Crippen LogP contribution in [0.2, 0.25) is 0 Å². The number of aromatic nitrogens is 1. The zero-order chi connectivity index (χ0) is 18.7. The number of nitrogens with zero attached hydrogens (tertiary/aromatic N) is 2. The summed E-state index contributed by atoms with van der Waals surface area (Å²) >= 11 is 0.